The van der Waals surface area contributed by atoms with E-state index in [1.165, 1.54) is 25.9 Å². The second-order valence-electron chi connectivity index (χ2n) is 6.00. The third-order valence-corrected chi connectivity index (χ3v) is 4.43. The van der Waals surface area contributed by atoms with Gasteiger partial charge < -0.3 is 10.2 Å². The molecule has 0 saturated carbocycles. The van der Waals surface area contributed by atoms with Crippen LogP contribution in [0, 0.1) is 5.41 Å². The number of likely N-dealkylation sites (tertiary alicyclic amines) is 1. The highest BCUT2D eigenvalue weighted by atomic mass is 35.5. The molecule has 0 aliphatic carbocycles. The summed E-state index contributed by atoms with van der Waals surface area (Å²) in [5, 5.41) is 4.95. The molecule has 0 amide bonds. The Morgan fingerprint density at radius 2 is 1.74 bits per heavy atom. The first-order valence-electron chi connectivity index (χ1n) is 6.81. The van der Waals surface area contributed by atoms with Crippen LogP contribution in [-0.2, 0) is 6.54 Å². The van der Waals surface area contributed by atoms with E-state index in [1.807, 2.05) is 12.1 Å². The van der Waals surface area contributed by atoms with E-state index in [-0.39, 0.29) is 0 Å². The van der Waals surface area contributed by atoms with E-state index in [0.29, 0.717) is 15.5 Å². The fourth-order valence-corrected chi connectivity index (χ4v) is 3.13. The molecule has 106 valence electrons. The zero-order valence-electron chi connectivity index (χ0n) is 11.7. The van der Waals surface area contributed by atoms with E-state index in [4.69, 9.17) is 23.2 Å². The van der Waals surface area contributed by atoms with Gasteiger partial charge in [0, 0.05) is 23.1 Å². The van der Waals surface area contributed by atoms with Crippen LogP contribution < -0.4 is 5.32 Å². The molecule has 1 aromatic carbocycles. The topological polar surface area (TPSA) is 15.3 Å². The van der Waals surface area contributed by atoms with Crippen LogP contribution in [0.3, 0.4) is 0 Å². The van der Waals surface area contributed by atoms with Gasteiger partial charge in [-0.3, -0.25) is 0 Å². The minimum Gasteiger partial charge on any atom is -0.312 e. The van der Waals surface area contributed by atoms with Crippen molar-refractivity contribution in [1.29, 1.82) is 0 Å². The Morgan fingerprint density at radius 3 is 2.32 bits per heavy atom. The highest BCUT2D eigenvalue weighted by Gasteiger charge is 2.28. The molecule has 2 nitrogen and oxygen atoms in total. The number of hydrogen-bond donors (Lipinski definition) is 1. The van der Waals surface area contributed by atoms with Gasteiger partial charge in [-0.25, -0.2) is 0 Å². The normalized spacial score (nSPS) is 19.6. The molecule has 0 unspecified atom stereocenters. The highest BCUT2D eigenvalue weighted by molar-refractivity contribution is 6.34. The third-order valence-electron chi connectivity index (χ3n) is 4.00. The van der Waals surface area contributed by atoms with Gasteiger partial charge in [-0.1, -0.05) is 30.1 Å². The minimum absolute atomic E-state index is 0.412. The number of benzene rings is 1. The summed E-state index contributed by atoms with van der Waals surface area (Å²) in [6.45, 7) is 6.64. The smallest absolute Gasteiger partial charge is 0.0424 e. The van der Waals surface area contributed by atoms with Crippen molar-refractivity contribution in [3.63, 3.8) is 0 Å². The quantitative estimate of drug-likeness (QED) is 0.909. The molecule has 0 atom stereocenters. The number of rotatable bonds is 4. The molecule has 0 aromatic heterocycles. The molecular weight excluding hydrogens is 279 g/mol. The summed E-state index contributed by atoms with van der Waals surface area (Å²) >= 11 is 12.0. The Morgan fingerprint density at radius 1 is 1.16 bits per heavy atom. The van der Waals surface area contributed by atoms with Crippen molar-refractivity contribution in [2.45, 2.75) is 26.3 Å². The number of hydrogen-bond acceptors (Lipinski definition) is 2. The molecule has 1 N–H and O–H groups in total. The predicted molar refractivity (Wildman–Crippen MR) is 83.0 cm³/mol. The molecule has 4 heteroatoms. The Kier molecular flexibility index (Phi) is 5.13. The number of piperidine rings is 1. The van der Waals surface area contributed by atoms with E-state index in [2.05, 4.69) is 24.2 Å². The summed E-state index contributed by atoms with van der Waals surface area (Å²) in [5.74, 6) is 0. The summed E-state index contributed by atoms with van der Waals surface area (Å²) in [7, 11) is 2.20. The van der Waals surface area contributed by atoms with E-state index in [9.17, 15) is 0 Å². The molecule has 0 bridgehead atoms. The van der Waals surface area contributed by atoms with Gasteiger partial charge >= 0.3 is 0 Å². The average Bonchev–Trinajstić information content (AvgIpc) is 2.32. The number of nitrogens with one attached hydrogen (secondary N) is 1. The molecule has 1 heterocycles. The summed E-state index contributed by atoms with van der Waals surface area (Å²) in [5.41, 5.74) is 1.56. The number of nitrogens with zero attached hydrogens (tertiary/aromatic N) is 1. The van der Waals surface area contributed by atoms with Crippen molar-refractivity contribution in [2.24, 2.45) is 5.41 Å². The second kappa shape index (κ2) is 6.45. The Labute approximate surface area is 126 Å². The van der Waals surface area contributed by atoms with Crippen LogP contribution in [0.1, 0.15) is 25.3 Å². The maximum Gasteiger partial charge on any atom is 0.0424 e. The zero-order valence-corrected chi connectivity index (χ0v) is 13.2. The predicted octanol–water partition coefficient (Wildman–Crippen LogP) is 3.81. The largest absolute Gasteiger partial charge is 0.312 e. The summed E-state index contributed by atoms with van der Waals surface area (Å²) in [6, 6.07) is 5.71. The van der Waals surface area contributed by atoms with E-state index in [1.54, 1.807) is 6.07 Å². The Balaban J connectivity index is 1.83. The molecule has 0 radical (unpaired) electrons. The van der Waals surface area contributed by atoms with Crippen LogP contribution in [0.4, 0.5) is 0 Å². The summed E-state index contributed by atoms with van der Waals surface area (Å²) in [4.78, 5) is 2.40. The van der Waals surface area contributed by atoms with E-state index in [0.717, 1.165) is 18.7 Å². The van der Waals surface area contributed by atoms with Gasteiger partial charge in [0.25, 0.3) is 0 Å². The van der Waals surface area contributed by atoms with Crippen LogP contribution in [0.15, 0.2) is 18.2 Å². The maximum atomic E-state index is 6.00. The second-order valence-corrected chi connectivity index (χ2v) is 6.87. The van der Waals surface area contributed by atoms with Gasteiger partial charge in [-0.15, -0.1) is 0 Å². The molecule has 1 fully saturated rings. The lowest BCUT2D eigenvalue weighted by atomic mass is 9.80. The lowest BCUT2D eigenvalue weighted by molar-refractivity contribution is 0.137. The molecule has 1 aliphatic rings. The van der Waals surface area contributed by atoms with Crippen molar-refractivity contribution in [1.82, 2.24) is 10.2 Å². The first kappa shape index (κ1) is 15.1. The molecule has 1 saturated heterocycles. The molecule has 2 rings (SSSR count). The van der Waals surface area contributed by atoms with Gasteiger partial charge in [0.15, 0.2) is 0 Å². The summed E-state index contributed by atoms with van der Waals surface area (Å²) in [6.07, 6.45) is 2.51. The Hall–Kier alpha value is -0.280. The SMILES string of the molecule is CN1CCC(C)(CNCc2cc(Cl)cc(Cl)c2)CC1. The molecule has 1 aromatic rings. The van der Waals surface area contributed by atoms with Crippen LogP contribution in [0.2, 0.25) is 10.0 Å². The monoisotopic (exact) mass is 300 g/mol. The van der Waals surface area contributed by atoms with Gasteiger partial charge in [-0.2, -0.15) is 0 Å². The standard InChI is InChI=1S/C15H22Cl2N2/c1-15(3-5-19(2)6-4-15)11-18-10-12-7-13(16)9-14(17)8-12/h7-9,18H,3-6,10-11H2,1-2H3. The molecule has 19 heavy (non-hydrogen) atoms. The molecular formula is C15H22Cl2N2. The fraction of sp³-hybridized carbons (Fsp3) is 0.600. The van der Waals surface area contributed by atoms with E-state index < -0.39 is 0 Å². The van der Waals surface area contributed by atoms with Crippen molar-refractivity contribution in [3.8, 4) is 0 Å². The first-order chi connectivity index (χ1) is 8.97. The van der Waals surface area contributed by atoms with Gasteiger partial charge in [0.2, 0.25) is 0 Å². The van der Waals surface area contributed by atoms with E-state index >= 15 is 0 Å². The van der Waals surface area contributed by atoms with Crippen molar-refractivity contribution < 1.29 is 0 Å². The zero-order chi connectivity index (χ0) is 13.9. The summed E-state index contributed by atoms with van der Waals surface area (Å²) < 4.78 is 0. The lowest BCUT2D eigenvalue weighted by Crippen LogP contribution is -2.41. The third kappa shape index (κ3) is 4.64. The lowest BCUT2D eigenvalue weighted by Gasteiger charge is -2.38. The molecule has 0 spiro atoms. The van der Waals surface area contributed by atoms with Crippen LogP contribution >= 0.6 is 23.2 Å². The average molecular weight is 301 g/mol. The van der Waals surface area contributed by atoms with Crippen molar-refractivity contribution in [3.05, 3.63) is 33.8 Å². The van der Waals surface area contributed by atoms with Crippen LogP contribution in [-0.4, -0.2) is 31.6 Å². The Bertz CT molecular complexity index is 406. The van der Waals surface area contributed by atoms with Crippen LogP contribution in [0.25, 0.3) is 0 Å². The first-order valence-corrected chi connectivity index (χ1v) is 7.57. The maximum absolute atomic E-state index is 6.00. The van der Waals surface area contributed by atoms with Gasteiger partial charge in [0.05, 0.1) is 0 Å². The fourth-order valence-electron chi connectivity index (χ4n) is 2.56. The highest BCUT2D eigenvalue weighted by Crippen LogP contribution is 2.29. The molecule has 1 aliphatic heterocycles. The van der Waals surface area contributed by atoms with Crippen molar-refractivity contribution in [2.75, 3.05) is 26.7 Å². The number of halogens is 2. The van der Waals surface area contributed by atoms with Gasteiger partial charge in [0.1, 0.15) is 0 Å². The van der Waals surface area contributed by atoms with Crippen LogP contribution in [0.5, 0.6) is 0 Å². The van der Waals surface area contributed by atoms with Crippen molar-refractivity contribution >= 4 is 23.2 Å². The van der Waals surface area contributed by atoms with Gasteiger partial charge in [-0.05, 0) is 62.2 Å². The minimum atomic E-state index is 0.412.